The van der Waals surface area contributed by atoms with E-state index in [1.54, 1.807) is 30.3 Å². The number of anilines is 1. The van der Waals surface area contributed by atoms with Crippen molar-refractivity contribution in [3.8, 4) is 28.7 Å². The predicted octanol–water partition coefficient (Wildman–Crippen LogP) is 7.27. The van der Waals surface area contributed by atoms with Crippen LogP contribution in [0.15, 0.2) is 77.2 Å². The van der Waals surface area contributed by atoms with Gasteiger partial charge in [0.2, 0.25) is 10.0 Å². The Kier molecular flexibility index (Phi) is 8.54. The van der Waals surface area contributed by atoms with Crippen molar-refractivity contribution in [3.05, 3.63) is 95.6 Å². The van der Waals surface area contributed by atoms with Gasteiger partial charge in [-0.2, -0.15) is 18.4 Å². The van der Waals surface area contributed by atoms with Crippen molar-refractivity contribution in [2.75, 3.05) is 37.7 Å². The third-order valence-electron chi connectivity index (χ3n) is 9.99. The maximum atomic E-state index is 13.9. The number of likely N-dealkylation sites (tertiary alicyclic amines) is 1. The minimum atomic E-state index is -4.24. The number of carbonyl (C=O) groups is 1. The second-order valence-electron chi connectivity index (χ2n) is 13.7. The summed E-state index contributed by atoms with van der Waals surface area (Å²) in [5.41, 5.74) is 4.18. The van der Waals surface area contributed by atoms with Gasteiger partial charge in [0, 0.05) is 61.6 Å². The molecule has 0 unspecified atom stereocenters. The Bertz CT molecular complexity index is 2860. The highest BCUT2D eigenvalue weighted by atomic mass is 32.2. The zero-order valence-electron chi connectivity index (χ0n) is 29.6. The third-order valence-corrected chi connectivity index (χ3v) is 11.2. The molecule has 0 saturated carbocycles. The number of nitriles is 1. The Morgan fingerprint density at radius 2 is 1.78 bits per heavy atom. The first kappa shape index (κ1) is 36.0. The summed E-state index contributed by atoms with van der Waals surface area (Å²) >= 11 is 0. The van der Waals surface area contributed by atoms with E-state index < -0.39 is 40.3 Å². The van der Waals surface area contributed by atoms with Crippen LogP contribution in [0.4, 0.5) is 23.2 Å². The van der Waals surface area contributed by atoms with Gasteiger partial charge in [0.15, 0.2) is 0 Å². The van der Waals surface area contributed by atoms with Crippen LogP contribution < -0.4 is 9.62 Å². The number of amides is 1. The third kappa shape index (κ3) is 6.38. The molecule has 0 bridgehead atoms. The highest BCUT2D eigenvalue weighted by Crippen LogP contribution is 2.42. The van der Waals surface area contributed by atoms with Gasteiger partial charge in [-0.25, -0.2) is 22.8 Å². The molecule has 0 spiro atoms. The van der Waals surface area contributed by atoms with E-state index in [0.29, 0.717) is 61.0 Å². The van der Waals surface area contributed by atoms with E-state index in [1.807, 2.05) is 21.4 Å². The molecule has 1 fully saturated rings. The highest BCUT2D eigenvalue weighted by Gasteiger charge is 2.38. The molecule has 55 heavy (non-hydrogen) atoms. The summed E-state index contributed by atoms with van der Waals surface area (Å²) in [7, 11) is -0.994. The molecule has 4 aromatic heterocycles. The van der Waals surface area contributed by atoms with Crippen molar-refractivity contribution in [2.45, 2.75) is 19.1 Å². The first-order valence-corrected chi connectivity index (χ1v) is 18.9. The quantitative estimate of drug-likeness (QED) is 0.160. The van der Waals surface area contributed by atoms with Crippen LogP contribution in [0.1, 0.15) is 28.2 Å². The van der Waals surface area contributed by atoms with Crippen LogP contribution in [-0.4, -0.2) is 73.2 Å². The number of fused-ring (bicyclic) bond motifs is 6. The van der Waals surface area contributed by atoms with Gasteiger partial charge in [-0.3, -0.25) is 18.4 Å². The number of halogens is 4. The zero-order chi connectivity index (χ0) is 39.0. The topological polar surface area (TPSA) is 137 Å². The van der Waals surface area contributed by atoms with Crippen molar-refractivity contribution in [2.24, 2.45) is 5.92 Å². The van der Waals surface area contributed by atoms with Crippen LogP contribution in [0.2, 0.25) is 0 Å². The molecule has 1 amide bonds. The van der Waals surface area contributed by atoms with E-state index >= 15 is 0 Å². The summed E-state index contributed by atoms with van der Waals surface area (Å²) in [5.74, 6) is -0.765. The Morgan fingerprint density at radius 1 is 1.04 bits per heavy atom. The van der Waals surface area contributed by atoms with E-state index in [-0.39, 0.29) is 42.2 Å². The van der Waals surface area contributed by atoms with E-state index in [1.165, 1.54) is 44.4 Å². The molecule has 0 atom stereocenters. The number of carbonyl (C=O) groups excluding carboxylic acids is 1. The lowest BCUT2D eigenvalue weighted by atomic mass is 9.96. The average Bonchev–Trinajstić information content (AvgIpc) is 3.71. The lowest BCUT2D eigenvalue weighted by molar-refractivity contribution is -0.156. The second kappa shape index (κ2) is 13.1. The van der Waals surface area contributed by atoms with Gasteiger partial charge in [-0.05, 0) is 66.6 Å². The molecule has 1 saturated heterocycles. The standard InChI is InChI=1S/C39H31F4N7O4S/c1-45-38(51)35-27-13-26(31(48(2)55(3,52)53)15-33(27)54-37(35)22-7-9-24(40)10-8-22)28-11-12-29-36(47-28)32-14-25-23(17-44)5-4-6-30(25)50(32)34(46-29)20-49-18-21(19-49)16-39(41,42)43/h4-15,21H,16,18-20H2,1-3H3,(H,45,51). The number of aromatic nitrogens is 3. The molecule has 280 valence electrons. The Labute approximate surface area is 311 Å². The largest absolute Gasteiger partial charge is 0.455 e. The second-order valence-corrected chi connectivity index (χ2v) is 15.7. The molecule has 0 radical (unpaired) electrons. The highest BCUT2D eigenvalue weighted by molar-refractivity contribution is 7.92. The van der Waals surface area contributed by atoms with Crippen molar-refractivity contribution >= 4 is 60.0 Å². The van der Waals surface area contributed by atoms with Crippen LogP contribution in [0.5, 0.6) is 0 Å². The smallest absolute Gasteiger partial charge is 0.389 e. The van der Waals surface area contributed by atoms with Crippen molar-refractivity contribution in [1.29, 1.82) is 5.26 Å². The summed E-state index contributed by atoms with van der Waals surface area (Å²) in [6.07, 6.45) is -4.05. The molecule has 11 nitrogen and oxygen atoms in total. The van der Waals surface area contributed by atoms with Gasteiger partial charge >= 0.3 is 6.18 Å². The zero-order valence-corrected chi connectivity index (χ0v) is 30.4. The monoisotopic (exact) mass is 769 g/mol. The van der Waals surface area contributed by atoms with Gasteiger partial charge in [0.05, 0.1) is 57.9 Å². The van der Waals surface area contributed by atoms with Crippen LogP contribution in [0.25, 0.3) is 61.0 Å². The SMILES string of the molecule is CNC(=O)c1c(-c2ccc(F)cc2)oc2cc(N(C)S(C)(=O)=O)c(-c3ccc4nc(CN5CC(CC(F)(F)F)C5)n5c6cccc(C#N)c6cc5c4n3)cc12. The minimum Gasteiger partial charge on any atom is -0.455 e. The number of pyridine rings is 1. The fraction of sp³-hybridized carbons (Fsp3) is 0.231. The minimum absolute atomic E-state index is 0.152. The molecular weight excluding hydrogens is 739 g/mol. The number of alkyl halides is 3. The number of furan rings is 1. The fourth-order valence-electron chi connectivity index (χ4n) is 7.35. The van der Waals surface area contributed by atoms with Gasteiger partial charge in [-0.15, -0.1) is 0 Å². The molecule has 0 aliphatic carbocycles. The number of nitrogens with one attached hydrogen (secondary N) is 1. The summed E-state index contributed by atoms with van der Waals surface area (Å²) in [4.78, 5) is 25.2. The predicted molar refractivity (Wildman–Crippen MR) is 199 cm³/mol. The lowest BCUT2D eigenvalue weighted by Gasteiger charge is -2.39. The number of benzene rings is 3. The summed E-state index contributed by atoms with van der Waals surface area (Å²) in [6, 6.07) is 21.3. The molecular formula is C39H31F4N7O4S. The summed E-state index contributed by atoms with van der Waals surface area (Å²) in [5, 5.41) is 13.6. The van der Waals surface area contributed by atoms with E-state index in [9.17, 15) is 36.0 Å². The molecule has 3 aromatic carbocycles. The van der Waals surface area contributed by atoms with Gasteiger partial charge < -0.3 is 9.73 Å². The van der Waals surface area contributed by atoms with Crippen molar-refractivity contribution in [1.82, 2.24) is 24.6 Å². The maximum Gasteiger partial charge on any atom is 0.389 e. The van der Waals surface area contributed by atoms with Crippen molar-refractivity contribution in [3.63, 3.8) is 0 Å². The van der Waals surface area contributed by atoms with E-state index in [4.69, 9.17) is 14.4 Å². The van der Waals surface area contributed by atoms with Crippen LogP contribution in [0, 0.1) is 23.1 Å². The van der Waals surface area contributed by atoms with Crippen LogP contribution in [-0.2, 0) is 16.6 Å². The number of hydrogen-bond acceptors (Lipinski definition) is 8. The molecule has 16 heteroatoms. The van der Waals surface area contributed by atoms with E-state index in [2.05, 4.69) is 11.4 Å². The normalized spacial score (nSPS) is 14.1. The Hall–Kier alpha value is -6.05. The number of rotatable bonds is 8. The van der Waals surface area contributed by atoms with Gasteiger partial charge in [0.1, 0.15) is 28.5 Å². The molecule has 5 heterocycles. The molecule has 1 aliphatic rings. The lowest BCUT2D eigenvalue weighted by Crippen LogP contribution is -2.47. The van der Waals surface area contributed by atoms with Gasteiger partial charge in [0.25, 0.3) is 5.91 Å². The maximum absolute atomic E-state index is 13.9. The molecule has 1 N–H and O–H groups in total. The Morgan fingerprint density at radius 3 is 2.45 bits per heavy atom. The summed E-state index contributed by atoms with van der Waals surface area (Å²) in [6.45, 7) is 0.769. The first-order valence-electron chi connectivity index (χ1n) is 17.1. The van der Waals surface area contributed by atoms with E-state index in [0.717, 1.165) is 10.6 Å². The first-order chi connectivity index (χ1) is 26.1. The summed E-state index contributed by atoms with van der Waals surface area (Å²) < 4.78 is 88.1. The molecule has 7 aromatic rings. The molecule has 8 rings (SSSR count). The average molecular weight is 770 g/mol. The van der Waals surface area contributed by atoms with Gasteiger partial charge in [-0.1, -0.05) is 6.07 Å². The number of hydrogen-bond donors (Lipinski definition) is 1. The van der Waals surface area contributed by atoms with Crippen LogP contribution in [0.3, 0.4) is 0 Å². The van der Waals surface area contributed by atoms with Crippen LogP contribution >= 0.6 is 0 Å². The van der Waals surface area contributed by atoms with Crippen molar-refractivity contribution < 1.29 is 35.2 Å². The fourth-order valence-corrected chi connectivity index (χ4v) is 7.86. The number of nitrogens with zero attached hydrogens (tertiary/aromatic N) is 6. The number of sulfonamides is 1. The molecule has 1 aliphatic heterocycles. The Balaban J connectivity index is 1.34.